The maximum absolute atomic E-state index is 13.6. The Morgan fingerprint density at radius 3 is 2.65 bits per heavy atom. The van der Waals surface area contributed by atoms with Gasteiger partial charge in [-0.3, -0.25) is 4.79 Å². The van der Waals surface area contributed by atoms with E-state index in [1.807, 2.05) is 0 Å². The van der Waals surface area contributed by atoms with Crippen molar-refractivity contribution in [3.63, 3.8) is 0 Å². The first kappa shape index (κ1) is 14.4. The van der Waals surface area contributed by atoms with Crippen molar-refractivity contribution in [3.05, 3.63) is 35.4 Å². The van der Waals surface area contributed by atoms with Crippen LogP contribution in [0.1, 0.15) is 24.8 Å². The van der Waals surface area contributed by atoms with E-state index in [2.05, 4.69) is 0 Å². The van der Waals surface area contributed by atoms with E-state index >= 15 is 0 Å². The van der Waals surface area contributed by atoms with Crippen LogP contribution >= 0.6 is 0 Å². The van der Waals surface area contributed by atoms with Crippen LogP contribution in [-0.4, -0.2) is 35.0 Å². The van der Waals surface area contributed by atoms with Crippen LogP contribution in [0.25, 0.3) is 0 Å². The van der Waals surface area contributed by atoms with Gasteiger partial charge < -0.3 is 10.0 Å². The van der Waals surface area contributed by atoms with Crippen molar-refractivity contribution in [2.45, 2.75) is 25.3 Å². The van der Waals surface area contributed by atoms with E-state index in [0.717, 1.165) is 11.0 Å². The Hall–Kier alpha value is -1.98. The molecule has 3 atom stereocenters. The third kappa shape index (κ3) is 2.50. The van der Waals surface area contributed by atoms with Gasteiger partial charge in [0.1, 0.15) is 6.04 Å². The molecule has 3 unspecified atom stereocenters. The molecule has 1 fully saturated rings. The predicted molar refractivity (Wildman–Crippen MR) is 67.1 cm³/mol. The summed E-state index contributed by atoms with van der Waals surface area (Å²) < 4.78 is 26.8. The Bertz CT molecular complexity index is 561. The van der Waals surface area contributed by atoms with E-state index in [1.165, 1.54) is 26.1 Å². The molecule has 0 heterocycles. The highest BCUT2D eigenvalue weighted by molar-refractivity contribution is 5.87. The SMILES string of the molecule is CC(C(=O)O)N(C)C(=O)C1CC1c1cccc(F)c1F. The van der Waals surface area contributed by atoms with Crippen molar-refractivity contribution in [2.24, 2.45) is 5.92 Å². The Balaban J connectivity index is 2.10. The molecule has 1 aliphatic rings. The summed E-state index contributed by atoms with van der Waals surface area (Å²) in [7, 11) is 1.40. The van der Waals surface area contributed by atoms with Crippen molar-refractivity contribution in [1.82, 2.24) is 4.90 Å². The second-order valence-corrected chi connectivity index (χ2v) is 5.06. The monoisotopic (exact) mass is 283 g/mol. The van der Waals surface area contributed by atoms with Gasteiger partial charge in [0, 0.05) is 13.0 Å². The molecule has 1 amide bonds. The Labute approximate surface area is 115 Å². The van der Waals surface area contributed by atoms with Gasteiger partial charge in [0.25, 0.3) is 0 Å². The summed E-state index contributed by atoms with van der Waals surface area (Å²) in [5.41, 5.74) is 0.180. The largest absolute Gasteiger partial charge is 0.480 e. The van der Waals surface area contributed by atoms with E-state index < -0.39 is 29.6 Å². The van der Waals surface area contributed by atoms with Gasteiger partial charge >= 0.3 is 5.97 Å². The number of aliphatic carboxylic acids is 1. The zero-order valence-corrected chi connectivity index (χ0v) is 11.1. The van der Waals surface area contributed by atoms with Crippen LogP contribution in [0.4, 0.5) is 8.78 Å². The fourth-order valence-electron chi connectivity index (χ4n) is 2.24. The highest BCUT2D eigenvalue weighted by Gasteiger charge is 2.47. The standard InChI is InChI=1S/C14H15F2NO3/c1-7(14(19)20)17(2)13(18)10-6-9(10)8-4-3-5-11(15)12(8)16/h3-5,7,9-10H,6H2,1-2H3,(H,19,20). The van der Waals surface area contributed by atoms with E-state index in [-0.39, 0.29) is 17.4 Å². The van der Waals surface area contributed by atoms with Gasteiger partial charge in [-0.2, -0.15) is 0 Å². The average Bonchev–Trinajstić information content (AvgIpc) is 3.19. The zero-order chi connectivity index (χ0) is 15.0. The van der Waals surface area contributed by atoms with Crippen molar-refractivity contribution in [2.75, 3.05) is 7.05 Å². The van der Waals surface area contributed by atoms with E-state index in [0.29, 0.717) is 6.42 Å². The summed E-state index contributed by atoms with van der Waals surface area (Å²) in [4.78, 5) is 24.0. The third-order valence-corrected chi connectivity index (χ3v) is 3.77. The summed E-state index contributed by atoms with van der Waals surface area (Å²) >= 11 is 0. The molecule has 108 valence electrons. The molecule has 0 spiro atoms. The minimum Gasteiger partial charge on any atom is -0.480 e. The van der Waals surface area contributed by atoms with E-state index in [9.17, 15) is 18.4 Å². The molecule has 6 heteroatoms. The summed E-state index contributed by atoms with van der Waals surface area (Å²) in [5.74, 6) is -4.17. The van der Waals surface area contributed by atoms with Crippen LogP contribution in [0.15, 0.2) is 18.2 Å². The minimum atomic E-state index is -1.10. The lowest BCUT2D eigenvalue weighted by molar-refractivity contribution is -0.148. The van der Waals surface area contributed by atoms with Gasteiger partial charge in [-0.05, 0) is 30.9 Å². The first-order chi connectivity index (χ1) is 9.34. The molecule has 20 heavy (non-hydrogen) atoms. The van der Waals surface area contributed by atoms with Gasteiger partial charge in [-0.15, -0.1) is 0 Å². The normalized spacial score (nSPS) is 22.2. The molecule has 0 aliphatic heterocycles. The van der Waals surface area contributed by atoms with Crippen LogP contribution in [0.2, 0.25) is 0 Å². The topological polar surface area (TPSA) is 57.6 Å². The number of likely N-dealkylation sites (N-methyl/N-ethyl adjacent to an activating group) is 1. The number of carboxylic acid groups (broad SMARTS) is 1. The van der Waals surface area contributed by atoms with Gasteiger partial charge in [0.05, 0.1) is 0 Å². The number of carboxylic acids is 1. The van der Waals surface area contributed by atoms with E-state index in [1.54, 1.807) is 0 Å². The molecule has 1 saturated carbocycles. The molecule has 1 aliphatic carbocycles. The number of carbonyl (C=O) groups excluding carboxylic acids is 1. The number of rotatable bonds is 4. The molecule has 0 bridgehead atoms. The quantitative estimate of drug-likeness (QED) is 0.919. The molecule has 0 saturated heterocycles. The molecule has 1 aromatic carbocycles. The number of carbonyl (C=O) groups is 2. The second kappa shape index (κ2) is 5.19. The van der Waals surface area contributed by atoms with Crippen LogP contribution in [-0.2, 0) is 9.59 Å². The summed E-state index contributed by atoms with van der Waals surface area (Å²) in [6, 6.07) is 2.94. The summed E-state index contributed by atoms with van der Waals surface area (Å²) in [6.45, 7) is 1.40. The number of amides is 1. The lowest BCUT2D eigenvalue weighted by Gasteiger charge is -2.21. The highest BCUT2D eigenvalue weighted by atomic mass is 19.2. The Morgan fingerprint density at radius 2 is 2.05 bits per heavy atom. The first-order valence-corrected chi connectivity index (χ1v) is 6.28. The summed E-state index contributed by atoms with van der Waals surface area (Å²) in [5, 5.41) is 8.86. The summed E-state index contributed by atoms with van der Waals surface area (Å²) in [6.07, 6.45) is 0.413. The van der Waals surface area contributed by atoms with Crippen LogP contribution in [0.5, 0.6) is 0 Å². The molecule has 4 nitrogen and oxygen atoms in total. The lowest BCUT2D eigenvalue weighted by atomic mass is 10.1. The molecular weight excluding hydrogens is 268 g/mol. The maximum Gasteiger partial charge on any atom is 0.326 e. The number of benzene rings is 1. The smallest absolute Gasteiger partial charge is 0.326 e. The van der Waals surface area contributed by atoms with Gasteiger partial charge in [-0.25, -0.2) is 13.6 Å². The van der Waals surface area contributed by atoms with Crippen molar-refractivity contribution in [3.8, 4) is 0 Å². The van der Waals surface area contributed by atoms with Crippen LogP contribution in [0, 0.1) is 17.6 Å². The van der Waals surface area contributed by atoms with Crippen molar-refractivity contribution >= 4 is 11.9 Å². The minimum absolute atomic E-state index is 0.180. The first-order valence-electron chi connectivity index (χ1n) is 6.28. The molecule has 2 rings (SSSR count). The predicted octanol–water partition coefficient (Wildman–Crippen LogP) is 2.00. The Morgan fingerprint density at radius 1 is 1.40 bits per heavy atom. The second-order valence-electron chi connectivity index (χ2n) is 5.06. The van der Waals surface area contributed by atoms with Crippen LogP contribution < -0.4 is 0 Å². The number of halogens is 2. The molecule has 1 aromatic rings. The van der Waals surface area contributed by atoms with Gasteiger partial charge in [0.15, 0.2) is 11.6 Å². The fraction of sp³-hybridized carbons (Fsp3) is 0.429. The maximum atomic E-state index is 13.6. The number of hydrogen-bond donors (Lipinski definition) is 1. The molecule has 0 aromatic heterocycles. The zero-order valence-electron chi connectivity index (χ0n) is 11.1. The highest BCUT2D eigenvalue weighted by Crippen LogP contribution is 2.49. The Kier molecular flexibility index (Phi) is 3.74. The molecule has 0 radical (unpaired) electrons. The average molecular weight is 283 g/mol. The van der Waals surface area contributed by atoms with Crippen molar-refractivity contribution < 1.29 is 23.5 Å². The molecular formula is C14H15F2NO3. The van der Waals surface area contributed by atoms with Crippen LogP contribution in [0.3, 0.4) is 0 Å². The lowest BCUT2D eigenvalue weighted by Crippen LogP contribution is -2.41. The number of nitrogens with zero attached hydrogens (tertiary/aromatic N) is 1. The van der Waals surface area contributed by atoms with E-state index in [4.69, 9.17) is 5.11 Å². The third-order valence-electron chi connectivity index (χ3n) is 3.77. The van der Waals surface area contributed by atoms with Gasteiger partial charge in [0.2, 0.25) is 5.91 Å². The fourth-order valence-corrected chi connectivity index (χ4v) is 2.24. The van der Waals surface area contributed by atoms with Gasteiger partial charge in [-0.1, -0.05) is 12.1 Å². The molecule has 1 N–H and O–H groups in total. The van der Waals surface area contributed by atoms with Crippen molar-refractivity contribution in [1.29, 1.82) is 0 Å². The number of hydrogen-bond acceptors (Lipinski definition) is 2.